The van der Waals surface area contributed by atoms with Crippen LogP contribution in [0.4, 0.5) is 5.95 Å². The standard InChI is InChI=1S/C17H15N5O2/c1-24-13-5-4-10(12-3-2-6-18-15(12)13)7-20-17-21-9-11-8-19-16(23)14(11)22-17/h2-6,9H,7-8H2,1H3,(H,19,23)(H,20,21,22). The quantitative estimate of drug-likeness (QED) is 0.763. The highest BCUT2D eigenvalue weighted by molar-refractivity contribution is 5.96. The molecule has 1 aliphatic heterocycles. The van der Waals surface area contributed by atoms with Crippen LogP contribution in [0.15, 0.2) is 36.7 Å². The van der Waals surface area contributed by atoms with Crippen LogP contribution < -0.4 is 15.4 Å². The van der Waals surface area contributed by atoms with Gasteiger partial charge in [-0.05, 0) is 17.7 Å². The summed E-state index contributed by atoms with van der Waals surface area (Å²) in [6.45, 7) is 1.01. The van der Waals surface area contributed by atoms with E-state index in [0.29, 0.717) is 24.7 Å². The second-order valence-electron chi connectivity index (χ2n) is 5.43. The van der Waals surface area contributed by atoms with E-state index in [4.69, 9.17) is 4.74 Å². The summed E-state index contributed by atoms with van der Waals surface area (Å²) in [5.74, 6) is 1.01. The summed E-state index contributed by atoms with van der Waals surface area (Å²) in [6, 6.07) is 7.76. The third kappa shape index (κ3) is 2.40. The number of benzene rings is 1. The molecule has 1 aliphatic rings. The van der Waals surface area contributed by atoms with Crippen molar-refractivity contribution in [2.75, 3.05) is 12.4 Å². The molecule has 2 aromatic heterocycles. The summed E-state index contributed by atoms with van der Waals surface area (Å²) in [6.07, 6.45) is 3.42. The van der Waals surface area contributed by atoms with Gasteiger partial charge in [0.2, 0.25) is 5.95 Å². The van der Waals surface area contributed by atoms with Crippen LogP contribution in [0.2, 0.25) is 0 Å². The van der Waals surface area contributed by atoms with Crippen molar-refractivity contribution in [1.29, 1.82) is 0 Å². The Kier molecular flexibility index (Phi) is 3.45. The average molecular weight is 321 g/mol. The minimum Gasteiger partial charge on any atom is -0.494 e. The van der Waals surface area contributed by atoms with Gasteiger partial charge in [-0.15, -0.1) is 0 Å². The van der Waals surface area contributed by atoms with Crippen molar-refractivity contribution in [3.05, 3.63) is 53.5 Å². The predicted octanol–water partition coefficient (Wildman–Crippen LogP) is 1.89. The molecule has 0 aliphatic carbocycles. The van der Waals surface area contributed by atoms with Crippen LogP contribution in [0.1, 0.15) is 21.6 Å². The first-order valence-electron chi connectivity index (χ1n) is 7.55. The maximum Gasteiger partial charge on any atom is 0.270 e. The molecule has 24 heavy (non-hydrogen) atoms. The number of hydrogen-bond acceptors (Lipinski definition) is 6. The molecular formula is C17H15N5O2. The Morgan fingerprint density at radius 3 is 3.08 bits per heavy atom. The Morgan fingerprint density at radius 1 is 1.29 bits per heavy atom. The van der Waals surface area contributed by atoms with E-state index in [0.717, 1.165) is 27.8 Å². The monoisotopic (exact) mass is 321 g/mol. The summed E-state index contributed by atoms with van der Waals surface area (Å²) >= 11 is 0. The molecule has 0 radical (unpaired) electrons. The van der Waals surface area contributed by atoms with E-state index in [-0.39, 0.29) is 5.91 Å². The van der Waals surface area contributed by atoms with Crippen LogP contribution in [0, 0.1) is 0 Å². The second kappa shape index (κ2) is 5.77. The van der Waals surface area contributed by atoms with Gasteiger partial charge in [0.05, 0.1) is 7.11 Å². The lowest BCUT2D eigenvalue weighted by molar-refractivity contribution is 0.0961. The number of ether oxygens (including phenoxy) is 1. The lowest BCUT2D eigenvalue weighted by atomic mass is 10.1. The van der Waals surface area contributed by atoms with Gasteiger partial charge in [-0.2, -0.15) is 0 Å². The summed E-state index contributed by atoms with van der Waals surface area (Å²) in [5, 5.41) is 6.90. The molecule has 1 amide bonds. The zero-order valence-electron chi connectivity index (χ0n) is 13.0. The molecule has 0 unspecified atom stereocenters. The van der Waals surface area contributed by atoms with Gasteiger partial charge in [0.1, 0.15) is 17.0 Å². The second-order valence-corrected chi connectivity index (χ2v) is 5.43. The van der Waals surface area contributed by atoms with E-state index in [1.54, 1.807) is 19.5 Å². The molecule has 3 heterocycles. The minimum absolute atomic E-state index is 0.158. The van der Waals surface area contributed by atoms with Crippen LogP contribution in [0.25, 0.3) is 10.9 Å². The first-order chi connectivity index (χ1) is 11.8. The molecule has 0 saturated carbocycles. The number of hydrogen-bond donors (Lipinski definition) is 2. The van der Waals surface area contributed by atoms with Gasteiger partial charge < -0.3 is 15.4 Å². The van der Waals surface area contributed by atoms with Crippen LogP contribution in [-0.4, -0.2) is 28.0 Å². The average Bonchev–Trinajstić information content (AvgIpc) is 3.00. The van der Waals surface area contributed by atoms with Crippen LogP contribution in [0.5, 0.6) is 5.75 Å². The number of anilines is 1. The fourth-order valence-electron chi connectivity index (χ4n) is 2.78. The molecule has 1 aromatic carbocycles. The molecule has 0 bridgehead atoms. The summed E-state index contributed by atoms with van der Waals surface area (Å²) < 4.78 is 5.36. The van der Waals surface area contributed by atoms with Gasteiger partial charge in [-0.3, -0.25) is 9.78 Å². The van der Waals surface area contributed by atoms with Crippen molar-refractivity contribution in [3.8, 4) is 5.75 Å². The van der Waals surface area contributed by atoms with Crippen LogP contribution >= 0.6 is 0 Å². The first kappa shape index (κ1) is 14.4. The highest BCUT2D eigenvalue weighted by Crippen LogP contribution is 2.26. The summed E-state index contributed by atoms with van der Waals surface area (Å²) in [7, 11) is 1.63. The molecule has 3 aromatic rings. The number of fused-ring (bicyclic) bond motifs is 2. The van der Waals surface area contributed by atoms with E-state index in [1.807, 2.05) is 24.3 Å². The van der Waals surface area contributed by atoms with Crippen molar-refractivity contribution < 1.29 is 9.53 Å². The van der Waals surface area contributed by atoms with Crippen molar-refractivity contribution in [2.45, 2.75) is 13.1 Å². The maximum atomic E-state index is 11.7. The predicted molar refractivity (Wildman–Crippen MR) is 88.8 cm³/mol. The van der Waals surface area contributed by atoms with Gasteiger partial charge in [0.25, 0.3) is 5.91 Å². The van der Waals surface area contributed by atoms with E-state index < -0.39 is 0 Å². The number of aromatic nitrogens is 3. The Bertz CT molecular complexity index is 941. The molecule has 120 valence electrons. The fourth-order valence-corrected chi connectivity index (χ4v) is 2.78. The maximum absolute atomic E-state index is 11.7. The third-order valence-electron chi connectivity index (χ3n) is 4.00. The van der Waals surface area contributed by atoms with Crippen molar-refractivity contribution in [3.63, 3.8) is 0 Å². The number of carbonyl (C=O) groups excluding carboxylic acids is 1. The number of nitrogens with zero attached hydrogens (tertiary/aromatic N) is 3. The Labute approximate surface area is 138 Å². The zero-order chi connectivity index (χ0) is 16.5. The van der Waals surface area contributed by atoms with E-state index in [2.05, 4.69) is 25.6 Å². The van der Waals surface area contributed by atoms with Gasteiger partial charge in [-0.1, -0.05) is 12.1 Å². The molecule has 0 spiro atoms. The molecular weight excluding hydrogens is 306 g/mol. The largest absolute Gasteiger partial charge is 0.494 e. The lowest BCUT2D eigenvalue weighted by Gasteiger charge is -2.11. The lowest BCUT2D eigenvalue weighted by Crippen LogP contribution is -2.14. The van der Waals surface area contributed by atoms with Gasteiger partial charge in [-0.25, -0.2) is 9.97 Å². The Balaban J connectivity index is 1.62. The first-order valence-corrected chi connectivity index (χ1v) is 7.55. The molecule has 7 heteroatoms. The number of amides is 1. The molecule has 0 saturated heterocycles. The molecule has 4 rings (SSSR count). The normalized spacial score (nSPS) is 12.8. The smallest absolute Gasteiger partial charge is 0.270 e. The minimum atomic E-state index is -0.158. The number of rotatable bonds is 4. The highest BCUT2D eigenvalue weighted by Gasteiger charge is 2.21. The van der Waals surface area contributed by atoms with Gasteiger partial charge in [0.15, 0.2) is 0 Å². The van der Waals surface area contributed by atoms with Crippen LogP contribution in [0.3, 0.4) is 0 Å². The van der Waals surface area contributed by atoms with Gasteiger partial charge in [0, 0.05) is 36.4 Å². The van der Waals surface area contributed by atoms with E-state index >= 15 is 0 Å². The number of carbonyl (C=O) groups is 1. The topological polar surface area (TPSA) is 89.0 Å². The van der Waals surface area contributed by atoms with E-state index in [1.165, 1.54) is 0 Å². The Morgan fingerprint density at radius 2 is 2.21 bits per heavy atom. The Hall–Kier alpha value is -3.22. The zero-order valence-corrected chi connectivity index (χ0v) is 13.0. The molecule has 0 fully saturated rings. The van der Waals surface area contributed by atoms with Crippen molar-refractivity contribution in [1.82, 2.24) is 20.3 Å². The molecule has 7 nitrogen and oxygen atoms in total. The molecule has 2 N–H and O–H groups in total. The van der Waals surface area contributed by atoms with Gasteiger partial charge >= 0.3 is 0 Å². The number of methoxy groups -OCH3 is 1. The van der Waals surface area contributed by atoms with Crippen LogP contribution in [-0.2, 0) is 13.1 Å². The number of nitrogens with one attached hydrogen (secondary N) is 2. The van der Waals surface area contributed by atoms with Crippen molar-refractivity contribution >= 4 is 22.8 Å². The number of pyridine rings is 1. The summed E-state index contributed by atoms with van der Waals surface area (Å²) in [5.41, 5.74) is 3.12. The van der Waals surface area contributed by atoms with Crippen molar-refractivity contribution in [2.24, 2.45) is 0 Å². The third-order valence-corrected chi connectivity index (χ3v) is 4.00. The van der Waals surface area contributed by atoms with E-state index in [9.17, 15) is 4.79 Å². The SMILES string of the molecule is COc1ccc(CNc2ncc3c(n2)C(=O)NC3)c2cccnc12. The summed E-state index contributed by atoms with van der Waals surface area (Å²) in [4.78, 5) is 24.6. The fraction of sp³-hybridized carbons (Fsp3) is 0.176. The molecule has 0 atom stereocenters. The highest BCUT2D eigenvalue weighted by atomic mass is 16.5.